The summed E-state index contributed by atoms with van der Waals surface area (Å²) >= 11 is 6.35. The lowest BCUT2D eigenvalue weighted by atomic mass is 10.2. The van der Waals surface area contributed by atoms with Gasteiger partial charge in [0.2, 0.25) is 11.0 Å². The van der Waals surface area contributed by atoms with Crippen molar-refractivity contribution in [2.45, 2.75) is 48.2 Å². The molecule has 128 valence electrons. The third-order valence-corrected chi connectivity index (χ3v) is 6.35. The largest absolute Gasteiger partial charge is 0.352 e. The van der Waals surface area contributed by atoms with Crippen molar-refractivity contribution in [1.29, 1.82) is 0 Å². The van der Waals surface area contributed by atoms with E-state index in [1.54, 1.807) is 0 Å². The number of carbonyl (C=O) groups is 1. The zero-order chi connectivity index (χ0) is 16.9. The van der Waals surface area contributed by atoms with Crippen LogP contribution >= 0.6 is 39.0 Å². The van der Waals surface area contributed by atoms with Gasteiger partial charge < -0.3 is 10.6 Å². The summed E-state index contributed by atoms with van der Waals surface area (Å²) in [4.78, 5) is 12.2. The molecule has 1 aliphatic rings. The maximum absolute atomic E-state index is 12.2. The Labute approximate surface area is 158 Å². The van der Waals surface area contributed by atoms with Gasteiger partial charge in [-0.2, -0.15) is 0 Å². The number of anilines is 2. The Morgan fingerprint density at radius 2 is 2.17 bits per heavy atom. The first-order valence-corrected chi connectivity index (χ1v) is 10.4. The van der Waals surface area contributed by atoms with E-state index in [0.717, 1.165) is 32.5 Å². The summed E-state index contributed by atoms with van der Waals surface area (Å²) in [6.45, 7) is 1.91. The van der Waals surface area contributed by atoms with Gasteiger partial charge in [-0.1, -0.05) is 57.9 Å². The number of halogens is 1. The Morgan fingerprint density at radius 3 is 2.92 bits per heavy atom. The van der Waals surface area contributed by atoms with Crippen LogP contribution in [0.2, 0.25) is 0 Å². The van der Waals surface area contributed by atoms with Gasteiger partial charge in [0, 0.05) is 16.2 Å². The fraction of sp³-hybridized carbons (Fsp3) is 0.438. The third kappa shape index (κ3) is 4.94. The molecule has 1 unspecified atom stereocenters. The zero-order valence-electron chi connectivity index (χ0n) is 13.3. The van der Waals surface area contributed by atoms with Crippen molar-refractivity contribution >= 4 is 55.8 Å². The number of rotatable bonds is 6. The molecule has 1 aliphatic carbocycles. The second-order valence-electron chi connectivity index (χ2n) is 5.76. The lowest BCUT2D eigenvalue weighted by Gasteiger charge is -2.15. The number of thioether (sulfide) groups is 1. The predicted octanol–water partition coefficient (Wildman–Crippen LogP) is 4.58. The van der Waals surface area contributed by atoms with Crippen molar-refractivity contribution in [2.24, 2.45) is 0 Å². The maximum atomic E-state index is 12.2. The molecule has 8 heteroatoms. The molecule has 1 amide bonds. The van der Waals surface area contributed by atoms with Crippen molar-refractivity contribution in [2.75, 3.05) is 5.32 Å². The van der Waals surface area contributed by atoms with Gasteiger partial charge in [-0.15, -0.1) is 10.2 Å². The molecule has 5 nitrogen and oxygen atoms in total. The highest BCUT2D eigenvalue weighted by atomic mass is 79.9. The second-order valence-corrected chi connectivity index (χ2v) is 9.24. The number of amides is 1. The molecule has 24 heavy (non-hydrogen) atoms. The molecule has 1 fully saturated rings. The summed E-state index contributed by atoms with van der Waals surface area (Å²) in [6, 6.07) is 8.22. The molecule has 0 radical (unpaired) electrons. The number of nitrogens with one attached hydrogen (secondary N) is 2. The van der Waals surface area contributed by atoms with Crippen molar-refractivity contribution in [3.63, 3.8) is 0 Å². The number of hydrogen-bond acceptors (Lipinski definition) is 6. The minimum absolute atomic E-state index is 0.0867. The van der Waals surface area contributed by atoms with Crippen LogP contribution in [-0.2, 0) is 4.79 Å². The van der Waals surface area contributed by atoms with Crippen LogP contribution in [0.3, 0.4) is 0 Å². The summed E-state index contributed by atoms with van der Waals surface area (Å²) in [5.41, 5.74) is 0.948. The normalized spacial score (nSPS) is 16.1. The molecule has 2 N–H and O–H groups in total. The van der Waals surface area contributed by atoms with Crippen LogP contribution in [0, 0.1) is 0 Å². The molecular formula is C16H19BrN4OS2. The molecule has 2 aromatic rings. The lowest BCUT2D eigenvalue weighted by Crippen LogP contribution is -2.37. The molecule has 0 aliphatic heterocycles. The summed E-state index contributed by atoms with van der Waals surface area (Å²) in [7, 11) is 0. The molecule has 3 rings (SSSR count). The molecule has 1 atom stereocenters. The smallest absolute Gasteiger partial charge is 0.233 e. The van der Waals surface area contributed by atoms with Gasteiger partial charge in [-0.3, -0.25) is 4.79 Å². The Balaban J connectivity index is 1.54. The van der Waals surface area contributed by atoms with Gasteiger partial charge >= 0.3 is 0 Å². The van der Waals surface area contributed by atoms with Crippen LogP contribution in [0.25, 0.3) is 0 Å². The molecule has 1 aromatic carbocycles. The topological polar surface area (TPSA) is 66.9 Å². The first-order valence-electron chi connectivity index (χ1n) is 7.93. The van der Waals surface area contributed by atoms with Crippen LogP contribution in [-0.4, -0.2) is 27.4 Å². The molecule has 1 aromatic heterocycles. The van der Waals surface area contributed by atoms with E-state index in [1.165, 1.54) is 35.9 Å². The average Bonchev–Trinajstić information content (AvgIpc) is 3.19. The van der Waals surface area contributed by atoms with E-state index in [0.29, 0.717) is 6.04 Å². The van der Waals surface area contributed by atoms with Gasteiger partial charge in [0.05, 0.1) is 5.25 Å². The Bertz CT molecular complexity index is 703. The Morgan fingerprint density at radius 1 is 1.38 bits per heavy atom. The monoisotopic (exact) mass is 426 g/mol. The summed E-state index contributed by atoms with van der Waals surface area (Å²) in [6.07, 6.45) is 4.63. The lowest BCUT2D eigenvalue weighted by molar-refractivity contribution is -0.120. The van der Waals surface area contributed by atoms with E-state index >= 15 is 0 Å². The van der Waals surface area contributed by atoms with Crippen LogP contribution in [0.15, 0.2) is 33.1 Å². The Hall–Kier alpha value is -1.12. The predicted molar refractivity (Wildman–Crippen MR) is 103 cm³/mol. The number of nitrogens with zero attached hydrogens (tertiary/aromatic N) is 2. The SMILES string of the molecule is CC(Sc1nnc(Nc2cccc(Br)c2)s1)C(=O)NC1CCCC1. The van der Waals surface area contributed by atoms with Crippen LogP contribution < -0.4 is 10.6 Å². The maximum Gasteiger partial charge on any atom is 0.233 e. The highest BCUT2D eigenvalue weighted by molar-refractivity contribution is 9.10. The van der Waals surface area contributed by atoms with E-state index in [4.69, 9.17) is 0 Å². The van der Waals surface area contributed by atoms with E-state index in [2.05, 4.69) is 36.8 Å². The van der Waals surface area contributed by atoms with Crippen molar-refractivity contribution in [1.82, 2.24) is 15.5 Å². The van der Waals surface area contributed by atoms with Gasteiger partial charge in [0.15, 0.2) is 4.34 Å². The fourth-order valence-electron chi connectivity index (χ4n) is 2.59. The van der Waals surface area contributed by atoms with Gasteiger partial charge in [-0.05, 0) is 38.0 Å². The van der Waals surface area contributed by atoms with Crippen molar-refractivity contribution in [3.05, 3.63) is 28.7 Å². The molecule has 1 saturated carbocycles. The van der Waals surface area contributed by atoms with Gasteiger partial charge in [0.1, 0.15) is 0 Å². The fourth-order valence-corrected chi connectivity index (χ4v) is 4.92. The molecular weight excluding hydrogens is 408 g/mol. The van der Waals surface area contributed by atoms with E-state index in [1.807, 2.05) is 31.2 Å². The van der Waals surface area contributed by atoms with E-state index in [9.17, 15) is 4.79 Å². The van der Waals surface area contributed by atoms with E-state index < -0.39 is 0 Å². The van der Waals surface area contributed by atoms with Gasteiger partial charge in [0.25, 0.3) is 0 Å². The van der Waals surface area contributed by atoms with Crippen molar-refractivity contribution in [3.8, 4) is 0 Å². The summed E-state index contributed by atoms with van der Waals surface area (Å²) in [5.74, 6) is 0.0867. The second kappa shape index (κ2) is 8.31. The highest BCUT2D eigenvalue weighted by Gasteiger charge is 2.22. The molecule has 0 bridgehead atoms. The van der Waals surface area contributed by atoms with Crippen LogP contribution in [0.4, 0.5) is 10.8 Å². The third-order valence-electron chi connectivity index (χ3n) is 3.83. The first kappa shape index (κ1) is 17.7. The van der Waals surface area contributed by atoms with Crippen LogP contribution in [0.1, 0.15) is 32.6 Å². The number of hydrogen-bond donors (Lipinski definition) is 2. The number of carbonyl (C=O) groups excluding carboxylic acids is 1. The minimum atomic E-state index is -0.169. The average molecular weight is 427 g/mol. The van der Waals surface area contributed by atoms with Crippen LogP contribution in [0.5, 0.6) is 0 Å². The molecule has 0 spiro atoms. The van der Waals surface area contributed by atoms with E-state index in [-0.39, 0.29) is 11.2 Å². The quantitative estimate of drug-likeness (QED) is 0.661. The zero-order valence-corrected chi connectivity index (χ0v) is 16.5. The van der Waals surface area contributed by atoms with Crippen molar-refractivity contribution < 1.29 is 4.79 Å². The summed E-state index contributed by atoms with van der Waals surface area (Å²) < 4.78 is 1.80. The molecule has 0 saturated heterocycles. The summed E-state index contributed by atoms with van der Waals surface area (Å²) in [5, 5.41) is 15.2. The highest BCUT2D eigenvalue weighted by Crippen LogP contribution is 2.31. The Kier molecular flexibility index (Phi) is 6.13. The van der Waals surface area contributed by atoms with Gasteiger partial charge in [-0.25, -0.2) is 0 Å². The molecule has 1 heterocycles. The standard InChI is InChI=1S/C16H19BrN4OS2/c1-10(14(22)18-12-6-2-3-7-12)23-16-21-20-15(24-16)19-13-8-4-5-11(17)9-13/h4-5,8-10,12H,2-3,6-7H2,1H3,(H,18,22)(H,19,20). The first-order chi connectivity index (χ1) is 11.6. The number of benzene rings is 1. The minimum Gasteiger partial charge on any atom is -0.352 e. The number of aromatic nitrogens is 2.